The molecule has 0 aliphatic carbocycles. The van der Waals surface area contributed by atoms with Gasteiger partial charge in [-0.2, -0.15) is 8.42 Å². The number of aliphatic hydroxyl groups excluding tert-OH is 2. The Kier molecular flexibility index (Phi) is 3.46. The largest absolute Gasteiger partial charge is 0.389 e. The minimum Gasteiger partial charge on any atom is -0.389 e. The zero-order valence-corrected chi connectivity index (χ0v) is 8.85. The molecule has 0 fully saturated rings. The van der Waals surface area contributed by atoms with E-state index in [0.717, 1.165) is 0 Å². The SMILES string of the molecule is CC(O)c1cccc(C(O)S(=O)(=O)O)c1. The zero-order valence-electron chi connectivity index (χ0n) is 8.03. The van der Waals surface area contributed by atoms with Gasteiger partial charge in [0.15, 0.2) is 0 Å². The van der Waals surface area contributed by atoms with Gasteiger partial charge in [0, 0.05) is 0 Å². The monoisotopic (exact) mass is 232 g/mol. The molecule has 0 aliphatic rings. The summed E-state index contributed by atoms with van der Waals surface area (Å²) in [5.74, 6) is 0. The van der Waals surface area contributed by atoms with Crippen LogP contribution in [0.2, 0.25) is 0 Å². The van der Waals surface area contributed by atoms with Crippen molar-refractivity contribution >= 4 is 10.1 Å². The Labute approximate surface area is 87.7 Å². The molecule has 1 rings (SSSR count). The average Bonchev–Trinajstić information content (AvgIpc) is 2.15. The Morgan fingerprint density at radius 1 is 1.20 bits per heavy atom. The van der Waals surface area contributed by atoms with Gasteiger partial charge in [-0.15, -0.1) is 0 Å². The maximum Gasteiger partial charge on any atom is 0.296 e. The van der Waals surface area contributed by atoms with Crippen molar-refractivity contribution in [1.82, 2.24) is 0 Å². The van der Waals surface area contributed by atoms with Gasteiger partial charge in [-0.05, 0) is 24.1 Å². The lowest BCUT2D eigenvalue weighted by Crippen LogP contribution is -2.11. The van der Waals surface area contributed by atoms with E-state index in [2.05, 4.69) is 0 Å². The lowest BCUT2D eigenvalue weighted by Gasteiger charge is -2.10. The van der Waals surface area contributed by atoms with Gasteiger partial charge in [-0.1, -0.05) is 18.2 Å². The molecule has 0 spiro atoms. The second-order valence-corrected chi connectivity index (χ2v) is 4.69. The van der Waals surface area contributed by atoms with Gasteiger partial charge in [0.1, 0.15) is 0 Å². The van der Waals surface area contributed by atoms with E-state index >= 15 is 0 Å². The summed E-state index contributed by atoms with van der Waals surface area (Å²) in [5.41, 5.74) is -1.48. The highest BCUT2D eigenvalue weighted by Crippen LogP contribution is 2.21. The number of benzene rings is 1. The minimum atomic E-state index is -4.52. The Hall–Kier alpha value is -0.950. The van der Waals surface area contributed by atoms with Crippen molar-refractivity contribution in [3.8, 4) is 0 Å². The molecule has 2 atom stereocenters. The van der Waals surface area contributed by atoms with Gasteiger partial charge in [-0.3, -0.25) is 4.55 Å². The van der Waals surface area contributed by atoms with Crippen LogP contribution < -0.4 is 0 Å². The molecule has 3 N–H and O–H groups in total. The summed E-state index contributed by atoms with van der Waals surface area (Å²) >= 11 is 0. The Morgan fingerprint density at radius 3 is 2.20 bits per heavy atom. The minimum absolute atomic E-state index is 0.0240. The highest BCUT2D eigenvalue weighted by atomic mass is 32.2. The molecular formula is C9H12O5S. The molecule has 1 aromatic rings. The Balaban J connectivity index is 3.11. The molecule has 6 heteroatoms. The molecule has 2 unspecified atom stereocenters. The second-order valence-electron chi connectivity index (χ2n) is 3.21. The third kappa shape index (κ3) is 3.00. The maximum atomic E-state index is 10.7. The standard InChI is InChI=1S/C9H12O5S/c1-6(10)7-3-2-4-8(5-7)9(11)15(12,13)14/h2-6,9-11H,1H3,(H,12,13,14). The van der Waals surface area contributed by atoms with E-state index in [9.17, 15) is 18.6 Å². The molecule has 0 saturated heterocycles. The first kappa shape index (κ1) is 12.1. The van der Waals surface area contributed by atoms with Crippen LogP contribution in [0.1, 0.15) is 29.6 Å². The van der Waals surface area contributed by atoms with E-state index in [4.69, 9.17) is 4.55 Å². The third-order valence-corrected chi connectivity index (χ3v) is 2.80. The zero-order chi connectivity index (χ0) is 11.6. The van der Waals surface area contributed by atoms with Crippen LogP contribution in [0, 0.1) is 0 Å². The highest BCUT2D eigenvalue weighted by molar-refractivity contribution is 7.85. The highest BCUT2D eigenvalue weighted by Gasteiger charge is 2.22. The molecular weight excluding hydrogens is 220 g/mol. The fourth-order valence-electron chi connectivity index (χ4n) is 1.14. The molecule has 1 aromatic carbocycles. The van der Waals surface area contributed by atoms with Crippen molar-refractivity contribution in [1.29, 1.82) is 0 Å². The van der Waals surface area contributed by atoms with Crippen LogP contribution in [-0.2, 0) is 10.1 Å². The van der Waals surface area contributed by atoms with Crippen LogP contribution in [0.3, 0.4) is 0 Å². The molecule has 0 aromatic heterocycles. The summed E-state index contributed by atoms with van der Waals surface area (Å²) < 4.78 is 29.9. The first-order valence-electron chi connectivity index (χ1n) is 4.24. The van der Waals surface area contributed by atoms with Crippen molar-refractivity contribution in [3.05, 3.63) is 35.4 Å². The molecule has 0 aliphatic heterocycles. The maximum absolute atomic E-state index is 10.7. The van der Waals surface area contributed by atoms with Crippen LogP contribution in [0.5, 0.6) is 0 Å². The smallest absolute Gasteiger partial charge is 0.296 e. The van der Waals surface area contributed by atoms with Crippen LogP contribution in [-0.4, -0.2) is 23.2 Å². The second kappa shape index (κ2) is 4.28. The predicted octanol–water partition coefficient (Wildman–Crippen LogP) is 0.619. The summed E-state index contributed by atoms with van der Waals surface area (Å²) in [6.07, 6.45) is -0.765. The fraction of sp³-hybridized carbons (Fsp3) is 0.333. The van der Waals surface area contributed by atoms with E-state index in [1.807, 2.05) is 0 Å². The number of hydrogen-bond donors (Lipinski definition) is 3. The van der Waals surface area contributed by atoms with Gasteiger partial charge in [0.2, 0.25) is 5.44 Å². The number of rotatable bonds is 3. The molecule has 5 nitrogen and oxygen atoms in total. The average molecular weight is 232 g/mol. The van der Waals surface area contributed by atoms with E-state index in [0.29, 0.717) is 5.56 Å². The van der Waals surface area contributed by atoms with Gasteiger partial charge in [0.05, 0.1) is 6.10 Å². The topological polar surface area (TPSA) is 94.8 Å². The molecule has 0 bridgehead atoms. The summed E-state index contributed by atoms with van der Waals surface area (Å²) in [6.45, 7) is 1.51. The molecule has 15 heavy (non-hydrogen) atoms. The first-order chi connectivity index (χ1) is 6.82. The van der Waals surface area contributed by atoms with Crippen molar-refractivity contribution in [2.75, 3.05) is 0 Å². The fourth-order valence-corrected chi connectivity index (χ4v) is 1.63. The third-order valence-electron chi connectivity index (χ3n) is 1.96. The van der Waals surface area contributed by atoms with Crippen LogP contribution in [0.4, 0.5) is 0 Å². The van der Waals surface area contributed by atoms with E-state index in [-0.39, 0.29) is 5.56 Å². The van der Waals surface area contributed by atoms with Crippen molar-refractivity contribution in [2.24, 2.45) is 0 Å². The predicted molar refractivity (Wildman–Crippen MR) is 53.6 cm³/mol. The molecule has 0 saturated carbocycles. The quantitative estimate of drug-likeness (QED) is 0.664. The van der Waals surface area contributed by atoms with Crippen LogP contribution >= 0.6 is 0 Å². The normalized spacial score (nSPS) is 16.0. The molecule has 0 amide bonds. The molecule has 0 radical (unpaired) electrons. The molecule has 0 heterocycles. The Bertz CT molecular complexity index is 438. The number of hydrogen-bond acceptors (Lipinski definition) is 4. The van der Waals surface area contributed by atoms with Crippen molar-refractivity contribution < 1.29 is 23.2 Å². The van der Waals surface area contributed by atoms with Gasteiger partial charge in [0.25, 0.3) is 10.1 Å². The van der Waals surface area contributed by atoms with Crippen LogP contribution in [0.15, 0.2) is 24.3 Å². The van der Waals surface area contributed by atoms with E-state index in [1.54, 1.807) is 6.07 Å². The molecule has 84 valence electrons. The summed E-state index contributed by atoms with van der Waals surface area (Å²) in [6, 6.07) is 5.75. The van der Waals surface area contributed by atoms with Crippen molar-refractivity contribution in [3.63, 3.8) is 0 Å². The van der Waals surface area contributed by atoms with E-state index in [1.165, 1.54) is 25.1 Å². The van der Waals surface area contributed by atoms with Gasteiger partial charge >= 0.3 is 0 Å². The van der Waals surface area contributed by atoms with Crippen LogP contribution in [0.25, 0.3) is 0 Å². The summed E-state index contributed by atoms with van der Waals surface area (Å²) in [5, 5.41) is 18.5. The Morgan fingerprint density at radius 2 is 1.73 bits per heavy atom. The van der Waals surface area contributed by atoms with Gasteiger partial charge in [-0.25, -0.2) is 0 Å². The van der Waals surface area contributed by atoms with E-state index < -0.39 is 21.7 Å². The summed E-state index contributed by atoms with van der Waals surface area (Å²) in [4.78, 5) is 0. The first-order valence-corrected chi connectivity index (χ1v) is 5.75. The summed E-state index contributed by atoms with van der Waals surface area (Å²) in [7, 11) is -4.52. The van der Waals surface area contributed by atoms with Crippen molar-refractivity contribution in [2.45, 2.75) is 18.5 Å². The van der Waals surface area contributed by atoms with Gasteiger partial charge < -0.3 is 10.2 Å². The number of aliphatic hydroxyl groups is 2. The lowest BCUT2D eigenvalue weighted by molar-refractivity contribution is 0.198. The lowest BCUT2D eigenvalue weighted by atomic mass is 10.1.